The van der Waals surface area contributed by atoms with Crippen molar-refractivity contribution in [3.05, 3.63) is 143 Å². The highest BCUT2D eigenvalue weighted by atomic mass is 16.3. The van der Waals surface area contributed by atoms with Crippen LogP contribution in [-0.4, -0.2) is 20.4 Å². The quantitative estimate of drug-likeness (QED) is 0.132. The molecule has 198 valence electrons. The van der Waals surface area contributed by atoms with Gasteiger partial charge in [-0.1, -0.05) is 80.6 Å². The van der Waals surface area contributed by atoms with Crippen LogP contribution in [0.25, 0.3) is 16.7 Å². The van der Waals surface area contributed by atoms with Crippen LogP contribution >= 0.6 is 0 Å². The molecule has 4 heteroatoms. The standard InChI is InChI=1S/C35H34O4/c1-4-5-25-7-9-28(10-8-25)35(24(3)33(38)20-6-23(2)26-11-16-30(36)17-12-26)32-22-29(15-21-34(32)39)27-13-18-31(37)19-14-27/h6-22,35-39H,3-5H2,1-2H3/b23-6+,33-20+. The maximum absolute atomic E-state index is 11.2. The second-order valence-electron chi connectivity index (χ2n) is 9.72. The van der Waals surface area contributed by atoms with E-state index in [9.17, 15) is 20.4 Å². The molecule has 0 aromatic heterocycles. The van der Waals surface area contributed by atoms with Crippen molar-refractivity contribution in [1.29, 1.82) is 0 Å². The molecule has 0 saturated carbocycles. The van der Waals surface area contributed by atoms with Gasteiger partial charge in [0.25, 0.3) is 0 Å². The number of phenols is 3. The topological polar surface area (TPSA) is 80.9 Å². The smallest absolute Gasteiger partial charge is 0.119 e. The molecule has 0 amide bonds. The van der Waals surface area contributed by atoms with Crippen LogP contribution in [0, 0.1) is 0 Å². The maximum Gasteiger partial charge on any atom is 0.119 e. The van der Waals surface area contributed by atoms with Gasteiger partial charge in [0.2, 0.25) is 0 Å². The summed E-state index contributed by atoms with van der Waals surface area (Å²) in [4.78, 5) is 0. The zero-order chi connectivity index (χ0) is 27.9. The van der Waals surface area contributed by atoms with E-state index in [0.717, 1.165) is 40.7 Å². The average Bonchev–Trinajstić information content (AvgIpc) is 2.94. The number of rotatable bonds is 9. The Bertz CT molecular complexity index is 1490. The first-order chi connectivity index (χ1) is 18.8. The van der Waals surface area contributed by atoms with Crippen molar-refractivity contribution in [3.63, 3.8) is 0 Å². The molecule has 0 fully saturated rings. The van der Waals surface area contributed by atoms with E-state index in [1.54, 1.807) is 42.5 Å². The van der Waals surface area contributed by atoms with Gasteiger partial charge in [0.05, 0.1) is 0 Å². The van der Waals surface area contributed by atoms with Crippen molar-refractivity contribution in [2.24, 2.45) is 0 Å². The van der Waals surface area contributed by atoms with E-state index in [-0.39, 0.29) is 23.0 Å². The van der Waals surface area contributed by atoms with Crippen LogP contribution in [0.15, 0.2) is 121 Å². The zero-order valence-electron chi connectivity index (χ0n) is 22.3. The molecule has 1 atom stereocenters. The van der Waals surface area contributed by atoms with Crippen molar-refractivity contribution in [3.8, 4) is 28.4 Å². The SMILES string of the molecule is C=C(/C(O)=C\C=C(/C)c1ccc(O)cc1)C(c1ccc(CCC)cc1)c1cc(-c2ccc(O)cc2)ccc1O. The monoisotopic (exact) mass is 518 g/mol. The first-order valence-corrected chi connectivity index (χ1v) is 13.0. The van der Waals surface area contributed by atoms with Crippen LogP contribution in [0.4, 0.5) is 0 Å². The number of phenolic OH excluding ortho intramolecular Hbond substituents is 3. The van der Waals surface area contributed by atoms with Crippen LogP contribution in [0.3, 0.4) is 0 Å². The molecule has 4 N–H and O–H groups in total. The lowest BCUT2D eigenvalue weighted by Crippen LogP contribution is -2.07. The Hall–Kier alpha value is -4.70. The molecule has 1 unspecified atom stereocenters. The first kappa shape index (κ1) is 27.3. The fourth-order valence-electron chi connectivity index (χ4n) is 4.63. The molecule has 4 rings (SSSR count). The third kappa shape index (κ3) is 6.60. The minimum absolute atomic E-state index is 0.00481. The Labute approximate surface area is 230 Å². The van der Waals surface area contributed by atoms with Crippen molar-refractivity contribution in [2.75, 3.05) is 0 Å². The molecule has 0 bridgehead atoms. The molecule has 0 aliphatic carbocycles. The van der Waals surface area contributed by atoms with Crippen molar-refractivity contribution in [1.82, 2.24) is 0 Å². The molecular weight excluding hydrogens is 484 g/mol. The fourth-order valence-corrected chi connectivity index (χ4v) is 4.63. The highest BCUT2D eigenvalue weighted by Gasteiger charge is 2.24. The molecule has 0 aliphatic rings. The second-order valence-corrected chi connectivity index (χ2v) is 9.72. The summed E-state index contributed by atoms with van der Waals surface area (Å²) in [7, 11) is 0. The van der Waals surface area contributed by atoms with Gasteiger partial charge in [-0.05, 0) is 94.8 Å². The van der Waals surface area contributed by atoms with E-state index >= 15 is 0 Å². The summed E-state index contributed by atoms with van der Waals surface area (Å²) < 4.78 is 0. The summed E-state index contributed by atoms with van der Waals surface area (Å²) in [5.41, 5.74) is 6.78. The van der Waals surface area contributed by atoms with Gasteiger partial charge < -0.3 is 20.4 Å². The Morgan fingerprint density at radius 2 is 1.36 bits per heavy atom. The summed E-state index contributed by atoms with van der Waals surface area (Å²) in [6.07, 6.45) is 5.44. The lowest BCUT2D eigenvalue weighted by atomic mass is 9.82. The minimum atomic E-state index is -0.503. The predicted octanol–water partition coefficient (Wildman–Crippen LogP) is 8.66. The fraction of sp³-hybridized carbons (Fsp3) is 0.143. The van der Waals surface area contributed by atoms with E-state index in [1.807, 2.05) is 55.5 Å². The molecule has 39 heavy (non-hydrogen) atoms. The van der Waals surface area contributed by atoms with Crippen LogP contribution in [-0.2, 0) is 6.42 Å². The summed E-state index contributed by atoms with van der Waals surface area (Å²) >= 11 is 0. The molecule has 0 heterocycles. The summed E-state index contributed by atoms with van der Waals surface area (Å²) in [5, 5.41) is 41.4. The van der Waals surface area contributed by atoms with E-state index in [0.29, 0.717) is 11.1 Å². The van der Waals surface area contributed by atoms with E-state index in [1.165, 1.54) is 5.56 Å². The van der Waals surface area contributed by atoms with Gasteiger partial charge in [-0.2, -0.15) is 0 Å². The lowest BCUT2D eigenvalue weighted by Gasteiger charge is -2.23. The van der Waals surface area contributed by atoms with Gasteiger partial charge in [-0.15, -0.1) is 0 Å². The van der Waals surface area contributed by atoms with Crippen molar-refractivity contribution in [2.45, 2.75) is 32.6 Å². The molecule has 0 saturated heterocycles. The number of aromatic hydroxyl groups is 3. The number of aliphatic hydroxyl groups is 1. The van der Waals surface area contributed by atoms with Crippen molar-refractivity contribution < 1.29 is 20.4 Å². The minimum Gasteiger partial charge on any atom is -0.508 e. The van der Waals surface area contributed by atoms with Gasteiger partial charge in [-0.25, -0.2) is 0 Å². The zero-order valence-corrected chi connectivity index (χ0v) is 22.3. The largest absolute Gasteiger partial charge is 0.508 e. The summed E-state index contributed by atoms with van der Waals surface area (Å²) in [6, 6.07) is 27.4. The third-order valence-electron chi connectivity index (χ3n) is 6.88. The molecule has 4 aromatic rings. The number of hydrogen-bond donors (Lipinski definition) is 4. The molecule has 4 aromatic carbocycles. The Morgan fingerprint density at radius 1 is 0.769 bits per heavy atom. The highest BCUT2D eigenvalue weighted by Crippen LogP contribution is 2.41. The summed E-state index contributed by atoms with van der Waals surface area (Å²) in [6.45, 7) is 8.33. The normalized spacial score (nSPS) is 12.8. The second kappa shape index (κ2) is 12.2. The van der Waals surface area contributed by atoms with Crippen molar-refractivity contribution >= 4 is 5.57 Å². The predicted molar refractivity (Wildman–Crippen MR) is 159 cm³/mol. The number of benzene rings is 4. The molecule has 4 nitrogen and oxygen atoms in total. The van der Waals surface area contributed by atoms with Gasteiger partial charge in [0, 0.05) is 11.5 Å². The van der Waals surface area contributed by atoms with Gasteiger partial charge in [-0.3, -0.25) is 0 Å². The number of aliphatic hydroxyl groups excluding tert-OH is 1. The molecule has 0 radical (unpaired) electrons. The van der Waals surface area contributed by atoms with E-state index < -0.39 is 5.92 Å². The Kier molecular flexibility index (Phi) is 8.57. The Balaban J connectivity index is 1.76. The first-order valence-electron chi connectivity index (χ1n) is 13.0. The van der Waals surface area contributed by atoms with Crippen LogP contribution in [0.1, 0.15) is 48.4 Å². The van der Waals surface area contributed by atoms with E-state index in [4.69, 9.17) is 0 Å². The van der Waals surface area contributed by atoms with Crippen LogP contribution < -0.4 is 0 Å². The highest BCUT2D eigenvalue weighted by molar-refractivity contribution is 5.69. The number of hydrogen-bond acceptors (Lipinski definition) is 4. The van der Waals surface area contributed by atoms with Gasteiger partial charge in [0.1, 0.15) is 23.0 Å². The van der Waals surface area contributed by atoms with Gasteiger partial charge in [0.15, 0.2) is 0 Å². The molecule has 0 aliphatic heterocycles. The Morgan fingerprint density at radius 3 is 1.97 bits per heavy atom. The van der Waals surface area contributed by atoms with Gasteiger partial charge >= 0.3 is 0 Å². The third-order valence-corrected chi connectivity index (χ3v) is 6.88. The average molecular weight is 519 g/mol. The van der Waals surface area contributed by atoms with E-state index in [2.05, 4.69) is 25.6 Å². The van der Waals surface area contributed by atoms with Crippen LogP contribution in [0.5, 0.6) is 17.2 Å². The maximum atomic E-state index is 11.2. The summed E-state index contributed by atoms with van der Waals surface area (Å²) in [5.74, 6) is -0.0196. The number of aryl methyl sites for hydroxylation is 1. The lowest BCUT2D eigenvalue weighted by molar-refractivity contribution is 0.416. The van der Waals surface area contributed by atoms with Crippen LogP contribution in [0.2, 0.25) is 0 Å². The molecular formula is C35H34O4. The molecule has 0 spiro atoms. The number of allylic oxidation sites excluding steroid dienone is 4.